The number of amides is 3. The summed E-state index contributed by atoms with van der Waals surface area (Å²) in [7, 11) is 0. The van der Waals surface area contributed by atoms with Crippen molar-refractivity contribution in [1.82, 2.24) is 21.3 Å². The Morgan fingerprint density at radius 3 is 1.83 bits per heavy atom. The number of carbonyl (C=O) groups is 4. The quantitative estimate of drug-likeness (QED) is 0.0642. The first-order valence-electron chi connectivity index (χ1n) is 16.3. The molecule has 0 bridgehead atoms. The minimum absolute atomic E-state index is 0.0359. The van der Waals surface area contributed by atoms with Gasteiger partial charge in [-0.05, 0) is 113 Å². The molecule has 0 radical (unpaired) electrons. The first-order valence-corrected chi connectivity index (χ1v) is 16.3. The van der Waals surface area contributed by atoms with E-state index in [1.54, 1.807) is 41.5 Å². The van der Waals surface area contributed by atoms with E-state index in [0.29, 0.717) is 38.8 Å². The third kappa shape index (κ3) is 21.9. The van der Waals surface area contributed by atoms with Crippen LogP contribution in [0.4, 0.5) is 9.59 Å². The van der Waals surface area contributed by atoms with E-state index in [4.69, 9.17) is 18.9 Å². The molecule has 1 unspecified atom stereocenters. The summed E-state index contributed by atoms with van der Waals surface area (Å²) in [6.45, 7) is 16.7. The van der Waals surface area contributed by atoms with E-state index in [1.165, 1.54) is 0 Å². The van der Waals surface area contributed by atoms with Crippen LogP contribution in [0.5, 0.6) is 0 Å². The van der Waals surface area contributed by atoms with E-state index in [-0.39, 0.29) is 19.4 Å². The highest BCUT2D eigenvalue weighted by atomic mass is 16.6. The predicted octanol–water partition coefficient (Wildman–Crippen LogP) is 4.65. The molecule has 1 aromatic rings. The molecule has 0 aromatic heterocycles. The van der Waals surface area contributed by atoms with Gasteiger partial charge in [0.25, 0.3) is 0 Å². The maximum absolute atomic E-state index is 13.5. The number of rotatable bonds is 18. The first kappa shape index (κ1) is 41.6. The van der Waals surface area contributed by atoms with Crippen LogP contribution in [0.15, 0.2) is 30.3 Å². The van der Waals surface area contributed by atoms with E-state index in [0.717, 1.165) is 5.56 Å². The summed E-state index contributed by atoms with van der Waals surface area (Å²) in [4.78, 5) is 51.3. The van der Waals surface area contributed by atoms with Crippen LogP contribution in [0.25, 0.3) is 0 Å². The SMILES string of the molecule is CC(C)(C)OC(=O)NCCCC[C@H](NC(=O)OC(C)(C)C)C(=O)N[C@@H](CCCCNC(O)OC(C)(C)C)C(=O)OCc1ccccc1. The first-order chi connectivity index (χ1) is 21.7. The fraction of sp³-hybridized carbons (Fsp3) is 0.706. The number of hydrogen-bond acceptors (Lipinski definition) is 10. The van der Waals surface area contributed by atoms with Crippen LogP contribution in [0.2, 0.25) is 0 Å². The Bertz CT molecular complexity index is 1100. The zero-order valence-electron chi connectivity index (χ0n) is 29.7. The molecule has 13 nitrogen and oxygen atoms in total. The topological polar surface area (TPSA) is 174 Å². The number of unbranched alkanes of at least 4 members (excludes halogenated alkanes) is 2. The van der Waals surface area contributed by atoms with Gasteiger partial charge in [-0.25, -0.2) is 14.4 Å². The van der Waals surface area contributed by atoms with Gasteiger partial charge in [-0.3, -0.25) is 10.1 Å². The summed E-state index contributed by atoms with van der Waals surface area (Å²) in [6.07, 6.45) is 0.112. The van der Waals surface area contributed by atoms with Gasteiger partial charge in [0.1, 0.15) is 29.9 Å². The second kappa shape index (κ2) is 20.1. The summed E-state index contributed by atoms with van der Waals surface area (Å²) in [5, 5.41) is 21.0. The molecule has 3 atom stereocenters. The van der Waals surface area contributed by atoms with E-state index in [2.05, 4.69) is 21.3 Å². The summed E-state index contributed by atoms with van der Waals surface area (Å²) in [5.41, 5.74) is -1.14. The van der Waals surface area contributed by atoms with Gasteiger partial charge in [-0.2, -0.15) is 0 Å². The van der Waals surface area contributed by atoms with Crippen LogP contribution in [-0.4, -0.2) is 77.6 Å². The normalized spacial score (nSPS) is 13.9. The molecule has 0 fully saturated rings. The number of carbonyl (C=O) groups excluding carboxylic acids is 4. The summed E-state index contributed by atoms with van der Waals surface area (Å²) in [5.74, 6) is -1.17. The Labute approximate surface area is 280 Å². The molecule has 0 saturated heterocycles. The molecule has 47 heavy (non-hydrogen) atoms. The van der Waals surface area contributed by atoms with Crippen molar-refractivity contribution in [1.29, 1.82) is 0 Å². The van der Waals surface area contributed by atoms with Crippen LogP contribution < -0.4 is 21.3 Å². The van der Waals surface area contributed by atoms with Gasteiger partial charge in [0, 0.05) is 6.54 Å². The minimum atomic E-state index is -1.14. The van der Waals surface area contributed by atoms with Crippen molar-refractivity contribution in [2.45, 2.75) is 143 Å². The molecule has 3 amide bonds. The molecule has 1 rings (SSSR count). The van der Waals surface area contributed by atoms with E-state index < -0.39 is 59.4 Å². The van der Waals surface area contributed by atoms with Crippen LogP contribution >= 0.6 is 0 Å². The molecule has 13 heteroatoms. The third-order valence-electron chi connectivity index (χ3n) is 6.12. The van der Waals surface area contributed by atoms with Gasteiger partial charge in [0.2, 0.25) is 12.3 Å². The lowest BCUT2D eigenvalue weighted by Crippen LogP contribution is -2.52. The highest BCUT2D eigenvalue weighted by Gasteiger charge is 2.29. The highest BCUT2D eigenvalue weighted by Crippen LogP contribution is 2.12. The van der Waals surface area contributed by atoms with E-state index >= 15 is 0 Å². The molecule has 0 aliphatic carbocycles. The number of hydrogen-bond donors (Lipinski definition) is 5. The lowest BCUT2D eigenvalue weighted by Gasteiger charge is -2.25. The second-order valence-electron chi connectivity index (χ2n) is 14.3. The van der Waals surface area contributed by atoms with Crippen LogP contribution in [-0.2, 0) is 35.1 Å². The molecule has 1 aromatic carbocycles. The molecular weight excluding hydrogens is 608 g/mol. The maximum atomic E-state index is 13.5. The number of aliphatic hydroxyl groups is 1. The Morgan fingerprint density at radius 1 is 0.702 bits per heavy atom. The molecule has 0 saturated carbocycles. The van der Waals surface area contributed by atoms with Crippen molar-refractivity contribution in [3.63, 3.8) is 0 Å². The third-order valence-corrected chi connectivity index (χ3v) is 6.12. The lowest BCUT2D eigenvalue weighted by molar-refractivity contribution is -0.181. The predicted molar refractivity (Wildman–Crippen MR) is 178 cm³/mol. The number of benzene rings is 1. The number of ether oxygens (including phenoxy) is 4. The molecule has 0 spiro atoms. The average molecular weight is 667 g/mol. The summed E-state index contributed by atoms with van der Waals surface area (Å²) >= 11 is 0. The smallest absolute Gasteiger partial charge is 0.408 e. The zero-order valence-corrected chi connectivity index (χ0v) is 29.7. The van der Waals surface area contributed by atoms with Crippen LogP contribution in [0.1, 0.15) is 106 Å². The van der Waals surface area contributed by atoms with E-state index in [9.17, 15) is 24.3 Å². The summed E-state index contributed by atoms with van der Waals surface area (Å²) in [6, 6.07) is 7.19. The standard InChI is InChI=1S/C34H58N4O9/c1-32(2,3)45-29(41)35-21-15-13-19-25(38-31(43)47-34(7,8)9)27(39)37-26(28(40)44-23-24-17-11-10-12-18-24)20-14-16-22-36-30(42)46-33(4,5)6/h10-12,17-18,25-26,30,36,42H,13-16,19-23H2,1-9H3,(H,35,41)(H,37,39)(H,38,43)/t25-,26-,30?/m0/s1. The van der Waals surface area contributed by atoms with Crippen LogP contribution in [0.3, 0.4) is 0 Å². The minimum Gasteiger partial charge on any atom is -0.459 e. The van der Waals surface area contributed by atoms with Crippen molar-refractivity contribution in [3.8, 4) is 0 Å². The van der Waals surface area contributed by atoms with Gasteiger partial charge in [-0.1, -0.05) is 30.3 Å². The van der Waals surface area contributed by atoms with Gasteiger partial charge < -0.3 is 40.0 Å². The zero-order chi connectivity index (χ0) is 35.7. The van der Waals surface area contributed by atoms with Crippen molar-refractivity contribution in [2.24, 2.45) is 0 Å². The number of nitrogens with one attached hydrogen (secondary N) is 4. The Balaban J connectivity index is 2.90. The fourth-order valence-corrected chi connectivity index (χ4v) is 4.12. The fourth-order valence-electron chi connectivity index (χ4n) is 4.12. The average Bonchev–Trinajstić information content (AvgIpc) is 2.91. The summed E-state index contributed by atoms with van der Waals surface area (Å²) < 4.78 is 21.6. The van der Waals surface area contributed by atoms with Gasteiger partial charge in [-0.15, -0.1) is 0 Å². The number of esters is 1. The van der Waals surface area contributed by atoms with Gasteiger partial charge in [0.15, 0.2) is 0 Å². The molecule has 0 heterocycles. The number of aliphatic hydroxyl groups excluding tert-OH is 1. The molecule has 268 valence electrons. The highest BCUT2D eigenvalue weighted by molar-refractivity contribution is 5.89. The van der Waals surface area contributed by atoms with Gasteiger partial charge >= 0.3 is 18.2 Å². The van der Waals surface area contributed by atoms with Crippen molar-refractivity contribution < 1.29 is 43.2 Å². The second-order valence-corrected chi connectivity index (χ2v) is 14.3. The van der Waals surface area contributed by atoms with Crippen molar-refractivity contribution in [3.05, 3.63) is 35.9 Å². The van der Waals surface area contributed by atoms with Gasteiger partial charge in [0.05, 0.1) is 5.60 Å². The Hall–Kier alpha value is -3.42. The van der Waals surface area contributed by atoms with Crippen molar-refractivity contribution in [2.75, 3.05) is 13.1 Å². The monoisotopic (exact) mass is 666 g/mol. The maximum Gasteiger partial charge on any atom is 0.408 e. The number of alkyl carbamates (subject to hydrolysis) is 2. The molecule has 0 aliphatic rings. The Morgan fingerprint density at radius 2 is 1.26 bits per heavy atom. The van der Waals surface area contributed by atoms with Crippen LogP contribution in [0, 0.1) is 0 Å². The lowest BCUT2D eigenvalue weighted by atomic mass is 10.1. The van der Waals surface area contributed by atoms with Crippen molar-refractivity contribution >= 4 is 24.1 Å². The molecule has 0 aliphatic heterocycles. The Kier molecular flexibility index (Phi) is 17.8. The molecular formula is C34H58N4O9. The van der Waals surface area contributed by atoms with E-state index in [1.807, 2.05) is 51.1 Å². The molecule has 5 N–H and O–H groups in total. The largest absolute Gasteiger partial charge is 0.459 e.